The largest absolute Gasteiger partial charge is 0.389 e. The third-order valence-electron chi connectivity index (χ3n) is 1.64. The number of alkyl halides is 1. The van der Waals surface area contributed by atoms with Crippen molar-refractivity contribution in [2.24, 2.45) is 0 Å². The van der Waals surface area contributed by atoms with Gasteiger partial charge in [-0.15, -0.1) is 0 Å². The zero-order valence-electron chi connectivity index (χ0n) is 6.69. The quantitative estimate of drug-likeness (QED) is 0.816. The average Bonchev–Trinajstić information content (AvgIpc) is 2.16. The highest BCUT2D eigenvalue weighted by atomic mass is 79.9. The fourth-order valence-corrected chi connectivity index (χ4v) is 1.47. The van der Waals surface area contributed by atoms with Crippen LogP contribution in [-0.4, -0.2) is 26.6 Å². The molecule has 1 aromatic heterocycles. The Morgan fingerprint density at radius 2 is 2.23 bits per heavy atom. The Kier molecular flexibility index (Phi) is 4.12. The van der Waals surface area contributed by atoms with Crippen LogP contribution in [0.1, 0.15) is 11.7 Å². The molecule has 3 nitrogen and oxygen atoms in total. The molecule has 1 aromatic rings. The standard InChI is InChI=1S/C8H9BrClNO2/c9-3-7(12)8(13)5-4-11-2-1-6(5)10/h1-2,4,7-8,12-13H,3H2. The molecule has 13 heavy (non-hydrogen) atoms. The van der Waals surface area contributed by atoms with Crippen molar-refractivity contribution in [2.45, 2.75) is 12.2 Å². The monoisotopic (exact) mass is 265 g/mol. The maximum atomic E-state index is 9.57. The van der Waals surface area contributed by atoms with Crippen molar-refractivity contribution < 1.29 is 10.2 Å². The minimum atomic E-state index is -0.999. The van der Waals surface area contributed by atoms with Gasteiger partial charge in [0.05, 0.1) is 6.10 Å². The van der Waals surface area contributed by atoms with E-state index >= 15 is 0 Å². The van der Waals surface area contributed by atoms with E-state index in [4.69, 9.17) is 11.6 Å². The van der Waals surface area contributed by atoms with Gasteiger partial charge in [-0.05, 0) is 6.07 Å². The van der Waals surface area contributed by atoms with Crippen LogP contribution in [0.25, 0.3) is 0 Å². The van der Waals surface area contributed by atoms with Crippen molar-refractivity contribution >= 4 is 27.5 Å². The molecular formula is C8H9BrClNO2. The van der Waals surface area contributed by atoms with Gasteiger partial charge in [-0.1, -0.05) is 27.5 Å². The first-order chi connectivity index (χ1) is 6.16. The summed E-state index contributed by atoms with van der Waals surface area (Å²) < 4.78 is 0. The summed E-state index contributed by atoms with van der Waals surface area (Å²) in [5.41, 5.74) is 0.441. The smallest absolute Gasteiger partial charge is 0.109 e. The molecule has 0 aliphatic heterocycles. The van der Waals surface area contributed by atoms with Gasteiger partial charge in [0, 0.05) is 28.3 Å². The van der Waals surface area contributed by atoms with E-state index in [1.54, 1.807) is 6.07 Å². The van der Waals surface area contributed by atoms with Crippen molar-refractivity contribution in [1.29, 1.82) is 0 Å². The van der Waals surface area contributed by atoms with Crippen LogP contribution in [0, 0.1) is 0 Å². The Bertz CT molecular complexity index is 285. The molecule has 72 valence electrons. The molecule has 0 amide bonds. The zero-order chi connectivity index (χ0) is 9.84. The van der Waals surface area contributed by atoms with Gasteiger partial charge < -0.3 is 10.2 Å². The number of aromatic nitrogens is 1. The lowest BCUT2D eigenvalue weighted by Gasteiger charge is -2.16. The molecule has 0 aliphatic carbocycles. The summed E-state index contributed by atoms with van der Waals surface area (Å²) in [6.07, 6.45) is 1.10. The first-order valence-electron chi connectivity index (χ1n) is 3.68. The van der Waals surface area contributed by atoms with E-state index in [-0.39, 0.29) is 0 Å². The summed E-state index contributed by atoms with van der Waals surface area (Å²) in [6, 6.07) is 1.57. The number of aliphatic hydroxyl groups is 2. The number of rotatable bonds is 3. The number of aliphatic hydroxyl groups excluding tert-OH is 2. The van der Waals surface area contributed by atoms with Crippen LogP contribution >= 0.6 is 27.5 Å². The summed E-state index contributed by atoms with van der Waals surface area (Å²) >= 11 is 8.86. The number of hydrogen-bond donors (Lipinski definition) is 2. The number of halogens is 2. The Labute approximate surface area is 89.5 Å². The first kappa shape index (κ1) is 10.9. The van der Waals surface area contributed by atoms with Crippen LogP contribution in [0.15, 0.2) is 18.5 Å². The minimum Gasteiger partial charge on any atom is -0.389 e. The van der Waals surface area contributed by atoms with E-state index in [0.717, 1.165) is 0 Å². The highest BCUT2D eigenvalue weighted by Crippen LogP contribution is 2.24. The van der Waals surface area contributed by atoms with E-state index in [2.05, 4.69) is 20.9 Å². The molecule has 1 heterocycles. The molecule has 2 N–H and O–H groups in total. The van der Waals surface area contributed by atoms with Gasteiger partial charge in [-0.3, -0.25) is 4.98 Å². The fourth-order valence-electron chi connectivity index (χ4n) is 0.899. The summed E-state index contributed by atoms with van der Waals surface area (Å²) in [6.45, 7) is 0. The average molecular weight is 267 g/mol. The number of pyridine rings is 1. The highest BCUT2D eigenvalue weighted by molar-refractivity contribution is 9.09. The predicted molar refractivity (Wildman–Crippen MR) is 54.0 cm³/mol. The molecule has 2 atom stereocenters. The third-order valence-corrected chi connectivity index (χ3v) is 2.65. The van der Waals surface area contributed by atoms with Gasteiger partial charge in [-0.25, -0.2) is 0 Å². The molecule has 1 rings (SSSR count). The molecule has 0 aromatic carbocycles. The first-order valence-corrected chi connectivity index (χ1v) is 5.18. The van der Waals surface area contributed by atoms with Gasteiger partial charge in [0.2, 0.25) is 0 Å². The minimum absolute atomic E-state index is 0.291. The van der Waals surface area contributed by atoms with Crippen molar-refractivity contribution in [3.8, 4) is 0 Å². The van der Waals surface area contributed by atoms with Crippen molar-refractivity contribution in [3.05, 3.63) is 29.0 Å². The topological polar surface area (TPSA) is 53.4 Å². The van der Waals surface area contributed by atoms with E-state index in [1.165, 1.54) is 12.4 Å². The van der Waals surface area contributed by atoms with E-state index < -0.39 is 12.2 Å². The lowest BCUT2D eigenvalue weighted by atomic mass is 10.1. The van der Waals surface area contributed by atoms with E-state index in [9.17, 15) is 10.2 Å². The van der Waals surface area contributed by atoms with Gasteiger partial charge in [0.1, 0.15) is 6.10 Å². The summed E-state index contributed by atoms with van der Waals surface area (Å²) in [7, 11) is 0. The van der Waals surface area contributed by atoms with Crippen molar-refractivity contribution in [2.75, 3.05) is 5.33 Å². The Hall–Kier alpha value is -0.160. The van der Waals surface area contributed by atoms with Gasteiger partial charge in [0.25, 0.3) is 0 Å². The second kappa shape index (κ2) is 4.91. The third kappa shape index (κ3) is 2.64. The lowest BCUT2D eigenvalue weighted by Crippen LogP contribution is -2.19. The van der Waals surface area contributed by atoms with E-state index in [0.29, 0.717) is 15.9 Å². The van der Waals surface area contributed by atoms with Crippen molar-refractivity contribution in [1.82, 2.24) is 4.98 Å². The Morgan fingerprint density at radius 1 is 1.54 bits per heavy atom. The Balaban J connectivity index is 2.88. The van der Waals surface area contributed by atoms with Gasteiger partial charge in [0.15, 0.2) is 0 Å². The number of hydrogen-bond acceptors (Lipinski definition) is 3. The number of nitrogens with zero attached hydrogens (tertiary/aromatic N) is 1. The normalized spacial score (nSPS) is 15.4. The SMILES string of the molecule is OC(CBr)C(O)c1cnccc1Cl. The van der Waals surface area contributed by atoms with Crippen LogP contribution in [0.5, 0.6) is 0 Å². The second-order valence-electron chi connectivity index (χ2n) is 2.56. The second-order valence-corrected chi connectivity index (χ2v) is 3.62. The molecule has 5 heteroatoms. The van der Waals surface area contributed by atoms with Crippen LogP contribution in [0.4, 0.5) is 0 Å². The maximum Gasteiger partial charge on any atom is 0.109 e. The molecule has 0 bridgehead atoms. The molecule has 0 spiro atoms. The van der Waals surface area contributed by atoms with Crippen LogP contribution in [0.2, 0.25) is 5.02 Å². The Morgan fingerprint density at radius 3 is 2.77 bits per heavy atom. The maximum absolute atomic E-state index is 9.57. The fraction of sp³-hybridized carbons (Fsp3) is 0.375. The molecular weight excluding hydrogens is 257 g/mol. The molecule has 0 aliphatic rings. The molecule has 0 saturated carbocycles. The molecule has 0 saturated heterocycles. The highest BCUT2D eigenvalue weighted by Gasteiger charge is 2.19. The molecule has 0 fully saturated rings. The summed E-state index contributed by atoms with van der Waals surface area (Å²) in [5.74, 6) is 0. The van der Waals surface area contributed by atoms with Crippen LogP contribution in [0.3, 0.4) is 0 Å². The summed E-state index contributed by atoms with van der Waals surface area (Å²) in [4.78, 5) is 3.81. The van der Waals surface area contributed by atoms with E-state index in [1.807, 2.05) is 0 Å². The summed E-state index contributed by atoms with van der Waals surface area (Å²) in [5, 5.41) is 19.6. The van der Waals surface area contributed by atoms with Gasteiger partial charge in [-0.2, -0.15) is 0 Å². The van der Waals surface area contributed by atoms with Crippen LogP contribution < -0.4 is 0 Å². The van der Waals surface area contributed by atoms with Gasteiger partial charge >= 0.3 is 0 Å². The van der Waals surface area contributed by atoms with Crippen molar-refractivity contribution in [3.63, 3.8) is 0 Å². The molecule has 0 radical (unpaired) electrons. The lowest BCUT2D eigenvalue weighted by molar-refractivity contribution is 0.0341. The van der Waals surface area contributed by atoms with Crippen LogP contribution in [-0.2, 0) is 0 Å². The zero-order valence-corrected chi connectivity index (χ0v) is 9.03. The molecule has 2 unspecified atom stereocenters. The predicted octanol–water partition coefficient (Wildman–Crippen LogP) is 1.52.